The number of nitrogens with one attached hydrogen (secondary N) is 1. The maximum atomic E-state index is 12.6. The van der Waals surface area contributed by atoms with Gasteiger partial charge in [0.15, 0.2) is 0 Å². The van der Waals surface area contributed by atoms with E-state index in [9.17, 15) is 9.59 Å². The highest BCUT2D eigenvalue weighted by atomic mass is 35.5. The van der Waals surface area contributed by atoms with Crippen molar-refractivity contribution in [2.45, 2.75) is 46.1 Å². The summed E-state index contributed by atoms with van der Waals surface area (Å²) < 4.78 is 0. The minimum absolute atomic E-state index is 0. The molecule has 134 valence electrons. The lowest BCUT2D eigenvalue weighted by atomic mass is 9.98. The van der Waals surface area contributed by atoms with E-state index < -0.39 is 5.54 Å². The molecule has 1 aromatic rings. The molecule has 0 atom stereocenters. The number of benzene rings is 1. The number of hydrogen-bond acceptors (Lipinski definition) is 3. The van der Waals surface area contributed by atoms with E-state index in [0.29, 0.717) is 17.2 Å². The quantitative estimate of drug-likeness (QED) is 0.877. The second kappa shape index (κ2) is 7.99. The number of hydrogen-bond donors (Lipinski definition) is 2. The highest BCUT2D eigenvalue weighted by molar-refractivity contribution is 5.99. The standard InChI is InChI=1S/C18H27N3O2.ClH/c1-12-7-9-21(10-8-12)16(22)14-5-6-15(13(2)11-14)20-17(23)18(3,4)19;/h5-6,11-12H,7-10,19H2,1-4H3,(H,20,23);1H. The van der Waals surface area contributed by atoms with Gasteiger partial charge in [0.1, 0.15) is 0 Å². The molecule has 24 heavy (non-hydrogen) atoms. The normalized spacial score (nSPS) is 15.6. The van der Waals surface area contributed by atoms with E-state index in [1.165, 1.54) is 0 Å². The average molecular weight is 354 g/mol. The maximum absolute atomic E-state index is 12.6. The number of piperidine rings is 1. The summed E-state index contributed by atoms with van der Waals surface area (Å²) in [4.78, 5) is 26.5. The molecular weight excluding hydrogens is 326 g/mol. The van der Waals surface area contributed by atoms with Crippen molar-refractivity contribution < 1.29 is 9.59 Å². The van der Waals surface area contributed by atoms with Crippen LogP contribution in [0.2, 0.25) is 0 Å². The first-order valence-electron chi connectivity index (χ1n) is 8.18. The van der Waals surface area contributed by atoms with Crippen LogP contribution in [0.1, 0.15) is 49.5 Å². The Kier molecular flexibility index (Phi) is 6.81. The minimum Gasteiger partial charge on any atom is -0.339 e. The second-order valence-electron chi connectivity index (χ2n) is 7.18. The van der Waals surface area contributed by atoms with E-state index in [4.69, 9.17) is 5.73 Å². The zero-order valence-corrected chi connectivity index (χ0v) is 15.7. The predicted octanol–water partition coefficient (Wildman–Crippen LogP) is 2.96. The van der Waals surface area contributed by atoms with Crippen molar-refractivity contribution in [2.75, 3.05) is 18.4 Å². The fourth-order valence-corrected chi connectivity index (χ4v) is 2.61. The average Bonchev–Trinajstić information content (AvgIpc) is 2.48. The van der Waals surface area contributed by atoms with Crippen molar-refractivity contribution in [1.29, 1.82) is 0 Å². The third kappa shape index (κ3) is 4.95. The number of likely N-dealkylation sites (tertiary alicyclic amines) is 1. The maximum Gasteiger partial charge on any atom is 0.253 e. The molecule has 0 aromatic heterocycles. The van der Waals surface area contributed by atoms with Crippen LogP contribution in [0.5, 0.6) is 0 Å². The van der Waals surface area contributed by atoms with E-state index in [1.54, 1.807) is 26.0 Å². The van der Waals surface area contributed by atoms with Crippen molar-refractivity contribution in [3.63, 3.8) is 0 Å². The van der Waals surface area contributed by atoms with Crippen molar-refractivity contribution in [1.82, 2.24) is 4.90 Å². The summed E-state index contributed by atoms with van der Waals surface area (Å²) in [6, 6.07) is 5.38. The van der Waals surface area contributed by atoms with E-state index in [1.807, 2.05) is 17.9 Å². The van der Waals surface area contributed by atoms with Crippen LogP contribution in [0, 0.1) is 12.8 Å². The molecular formula is C18H28ClN3O2. The summed E-state index contributed by atoms with van der Waals surface area (Å²) in [5, 5.41) is 2.81. The molecule has 1 aliphatic rings. The first-order chi connectivity index (χ1) is 10.7. The molecule has 1 heterocycles. The van der Waals surface area contributed by atoms with Crippen LogP contribution in [0.15, 0.2) is 18.2 Å². The number of nitrogens with zero attached hydrogens (tertiary/aromatic N) is 1. The Labute approximate surface area is 150 Å². The molecule has 0 bridgehead atoms. The Morgan fingerprint density at radius 2 is 1.83 bits per heavy atom. The van der Waals surface area contributed by atoms with Crippen molar-refractivity contribution >= 4 is 29.9 Å². The predicted molar refractivity (Wildman–Crippen MR) is 99.6 cm³/mol. The number of anilines is 1. The van der Waals surface area contributed by atoms with Crippen molar-refractivity contribution in [2.24, 2.45) is 11.7 Å². The molecule has 0 aliphatic carbocycles. The highest BCUT2D eigenvalue weighted by Gasteiger charge is 2.24. The van der Waals surface area contributed by atoms with Gasteiger partial charge in [0.2, 0.25) is 5.91 Å². The Hall–Kier alpha value is -1.59. The fourth-order valence-electron chi connectivity index (χ4n) is 2.61. The molecule has 3 N–H and O–H groups in total. The van der Waals surface area contributed by atoms with Gasteiger partial charge in [0.05, 0.1) is 5.54 Å². The van der Waals surface area contributed by atoms with Crippen LogP contribution in [0.4, 0.5) is 5.69 Å². The third-order valence-corrected chi connectivity index (χ3v) is 4.38. The monoisotopic (exact) mass is 353 g/mol. The Balaban J connectivity index is 0.00000288. The van der Waals surface area contributed by atoms with Crippen LogP contribution in [-0.2, 0) is 4.79 Å². The lowest BCUT2D eigenvalue weighted by Gasteiger charge is -2.30. The van der Waals surface area contributed by atoms with Crippen LogP contribution in [-0.4, -0.2) is 35.3 Å². The van der Waals surface area contributed by atoms with Gasteiger partial charge in [-0.3, -0.25) is 9.59 Å². The van der Waals surface area contributed by atoms with E-state index in [0.717, 1.165) is 31.5 Å². The summed E-state index contributed by atoms with van der Waals surface area (Å²) in [7, 11) is 0. The van der Waals surface area contributed by atoms with Gasteiger partial charge in [0.25, 0.3) is 5.91 Å². The zero-order valence-electron chi connectivity index (χ0n) is 14.9. The van der Waals surface area contributed by atoms with Gasteiger partial charge >= 0.3 is 0 Å². The number of amides is 2. The molecule has 0 unspecified atom stereocenters. The summed E-state index contributed by atoms with van der Waals surface area (Å²) >= 11 is 0. The molecule has 5 nitrogen and oxygen atoms in total. The molecule has 1 fully saturated rings. The summed E-state index contributed by atoms with van der Waals surface area (Å²) in [5.74, 6) is 0.514. The Bertz CT molecular complexity index is 603. The van der Waals surface area contributed by atoms with Crippen molar-refractivity contribution in [3.8, 4) is 0 Å². The summed E-state index contributed by atoms with van der Waals surface area (Å²) in [5.41, 5.74) is 7.07. The first-order valence-corrected chi connectivity index (χ1v) is 8.18. The third-order valence-electron chi connectivity index (χ3n) is 4.38. The van der Waals surface area contributed by atoms with Gasteiger partial charge in [-0.25, -0.2) is 0 Å². The Morgan fingerprint density at radius 3 is 2.33 bits per heavy atom. The van der Waals surface area contributed by atoms with Crippen LogP contribution in [0.25, 0.3) is 0 Å². The lowest BCUT2D eigenvalue weighted by Crippen LogP contribution is -2.45. The summed E-state index contributed by atoms with van der Waals surface area (Å²) in [6.07, 6.45) is 2.12. The Morgan fingerprint density at radius 1 is 1.25 bits per heavy atom. The van der Waals surface area contributed by atoms with Gasteiger partial charge in [-0.1, -0.05) is 6.92 Å². The molecule has 2 rings (SSSR count). The van der Waals surface area contributed by atoms with Crippen LogP contribution < -0.4 is 11.1 Å². The van der Waals surface area contributed by atoms with Gasteiger partial charge < -0.3 is 16.0 Å². The van der Waals surface area contributed by atoms with Gasteiger partial charge in [-0.15, -0.1) is 12.4 Å². The first kappa shape index (κ1) is 20.5. The number of aryl methyl sites for hydroxylation is 1. The molecule has 1 aliphatic heterocycles. The van der Waals surface area contributed by atoms with Crippen molar-refractivity contribution in [3.05, 3.63) is 29.3 Å². The minimum atomic E-state index is -0.939. The van der Waals surface area contributed by atoms with E-state index in [-0.39, 0.29) is 24.2 Å². The molecule has 1 saturated heterocycles. The largest absolute Gasteiger partial charge is 0.339 e. The van der Waals surface area contributed by atoms with E-state index >= 15 is 0 Å². The van der Waals surface area contributed by atoms with E-state index in [2.05, 4.69) is 12.2 Å². The number of carbonyl (C=O) groups excluding carboxylic acids is 2. The number of nitrogens with two attached hydrogens (primary N) is 1. The molecule has 0 saturated carbocycles. The molecule has 0 spiro atoms. The number of carbonyl (C=O) groups is 2. The smallest absolute Gasteiger partial charge is 0.253 e. The van der Waals surface area contributed by atoms with Gasteiger partial charge in [-0.05, 0) is 63.3 Å². The highest BCUT2D eigenvalue weighted by Crippen LogP contribution is 2.21. The molecule has 2 amide bonds. The fraction of sp³-hybridized carbons (Fsp3) is 0.556. The topological polar surface area (TPSA) is 75.4 Å². The zero-order chi connectivity index (χ0) is 17.2. The lowest BCUT2D eigenvalue weighted by molar-refractivity contribution is -0.120. The second-order valence-corrected chi connectivity index (χ2v) is 7.18. The molecule has 6 heteroatoms. The molecule has 0 radical (unpaired) electrons. The number of halogens is 1. The molecule has 1 aromatic carbocycles. The summed E-state index contributed by atoms with van der Waals surface area (Å²) in [6.45, 7) is 9.06. The van der Waals surface area contributed by atoms with Crippen LogP contribution >= 0.6 is 12.4 Å². The van der Waals surface area contributed by atoms with Crippen LogP contribution in [0.3, 0.4) is 0 Å². The number of rotatable bonds is 3. The van der Waals surface area contributed by atoms with Gasteiger partial charge in [0, 0.05) is 24.3 Å². The van der Waals surface area contributed by atoms with Gasteiger partial charge in [-0.2, -0.15) is 0 Å². The SMILES string of the molecule is Cc1cc(C(=O)N2CCC(C)CC2)ccc1NC(=O)C(C)(C)N.Cl.